The minimum atomic E-state index is -1.15. The Kier molecular flexibility index (Phi) is 4.00. The summed E-state index contributed by atoms with van der Waals surface area (Å²) in [7, 11) is 0. The number of nitrogens with two attached hydrogens (primary N) is 2. The van der Waals surface area contributed by atoms with Gasteiger partial charge >= 0.3 is 11.9 Å². The molecule has 0 aliphatic carbocycles. The van der Waals surface area contributed by atoms with Crippen LogP contribution in [0.1, 0.15) is 20.7 Å². The van der Waals surface area contributed by atoms with E-state index in [1.165, 1.54) is 36.4 Å². The lowest BCUT2D eigenvalue weighted by Gasteiger charge is -2.08. The molecule has 0 unspecified atom stereocenters. The van der Waals surface area contributed by atoms with Gasteiger partial charge in [0.25, 0.3) is 0 Å². The van der Waals surface area contributed by atoms with E-state index in [9.17, 15) is 9.59 Å². The average molecular weight is 307 g/mol. The summed E-state index contributed by atoms with van der Waals surface area (Å²) in [4.78, 5) is 22.9. The van der Waals surface area contributed by atoms with Crippen LogP contribution >= 0.6 is 11.6 Å². The number of ether oxygens (including phenoxy) is 1. The van der Waals surface area contributed by atoms with Crippen LogP contribution in [0, 0.1) is 0 Å². The summed E-state index contributed by atoms with van der Waals surface area (Å²) in [5.41, 5.74) is 11.8. The molecule has 2 aromatic carbocycles. The summed E-state index contributed by atoms with van der Waals surface area (Å²) in [6, 6.07) is 8.11. The van der Waals surface area contributed by atoms with Crippen molar-refractivity contribution < 1.29 is 19.4 Å². The Morgan fingerprint density at radius 3 is 2.24 bits per heavy atom. The van der Waals surface area contributed by atoms with Gasteiger partial charge in [0.1, 0.15) is 0 Å². The van der Waals surface area contributed by atoms with Gasteiger partial charge in [-0.3, -0.25) is 0 Å². The third-order valence-corrected chi connectivity index (χ3v) is 3.03. The highest BCUT2D eigenvalue weighted by Gasteiger charge is 2.14. The number of hydrogen-bond donors (Lipinski definition) is 3. The number of carbonyl (C=O) groups is 2. The van der Waals surface area contributed by atoms with Gasteiger partial charge < -0.3 is 21.3 Å². The molecule has 6 nitrogen and oxygen atoms in total. The van der Waals surface area contributed by atoms with E-state index in [0.29, 0.717) is 5.69 Å². The molecule has 0 atom stereocenters. The number of anilines is 2. The highest BCUT2D eigenvalue weighted by Crippen LogP contribution is 2.25. The van der Waals surface area contributed by atoms with E-state index in [2.05, 4.69) is 0 Å². The van der Waals surface area contributed by atoms with E-state index >= 15 is 0 Å². The van der Waals surface area contributed by atoms with E-state index in [1.54, 1.807) is 0 Å². The Balaban J connectivity index is 2.28. The van der Waals surface area contributed by atoms with Gasteiger partial charge in [0.05, 0.1) is 27.5 Å². The Bertz CT molecular complexity index is 731. The number of aromatic carboxylic acids is 1. The third kappa shape index (κ3) is 3.24. The van der Waals surface area contributed by atoms with Gasteiger partial charge in [-0.05, 0) is 36.4 Å². The van der Waals surface area contributed by atoms with Crippen molar-refractivity contribution in [2.45, 2.75) is 0 Å². The van der Waals surface area contributed by atoms with Crippen LogP contribution in [0.15, 0.2) is 36.4 Å². The second-order valence-corrected chi connectivity index (χ2v) is 4.59. The van der Waals surface area contributed by atoms with Crippen LogP contribution in [0.5, 0.6) is 5.75 Å². The Hall–Kier alpha value is -2.73. The summed E-state index contributed by atoms with van der Waals surface area (Å²) in [6.07, 6.45) is 0. The van der Waals surface area contributed by atoms with Crippen LogP contribution in [0.25, 0.3) is 0 Å². The molecular weight excluding hydrogens is 296 g/mol. The van der Waals surface area contributed by atoms with Crippen molar-refractivity contribution in [3.8, 4) is 5.75 Å². The number of carboxylic acids is 1. The lowest BCUT2D eigenvalue weighted by Crippen LogP contribution is -2.11. The monoisotopic (exact) mass is 306 g/mol. The molecule has 0 saturated heterocycles. The van der Waals surface area contributed by atoms with Crippen molar-refractivity contribution in [2.24, 2.45) is 0 Å². The maximum atomic E-state index is 12.0. The first kappa shape index (κ1) is 14.7. The molecule has 0 amide bonds. The number of esters is 1. The maximum absolute atomic E-state index is 12.0. The molecule has 0 aliphatic heterocycles. The Labute approximate surface area is 124 Å². The normalized spacial score (nSPS) is 10.1. The van der Waals surface area contributed by atoms with Gasteiger partial charge in [-0.25, -0.2) is 9.59 Å². The van der Waals surface area contributed by atoms with Crippen LogP contribution in [0.2, 0.25) is 5.02 Å². The predicted octanol–water partition coefficient (Wildman–Crippen LogP) is 2.42. The average Bonchev–Trinajstić information content (AvgIpc) is 2.43. The molecule has 7 heteroatoms. The van der Waals surface area contributed by atoms with Gasteiger partial charge in [0.15, 0.2) is 5.75 Å². The quantitative estimate of drug-likeness (QED) is 0.455. The number of carbonyl (C=O) groups excluding carboxylic acids is 1. The molecule has 0 saturated carbocycles. The fourth-order valence-corrected chi connectivity index (χ4v) is 1.75. The van der Waals surface area contributed by atoms with Gasteiger partial charge in [0.2, 0.25) is 0 Å². The van der Waals surface area contributed by atoms with Crippen molar-refractivity contribution in [1.82, 2.24) is 0 Å². The SMILES string of the molecule is Nc1ccc(C(=O)Oc2cc(C(=O)O)ccc2N)cc1Cl. The third-order valence-electron chi connectivity index (χ3n) is 2.70. The number of carboxylic acid groups (broad SMARTS) is 1. The first-order chi connectivity index (χ1) is 9.88. The molecule has 0 heterocycles. The molecule has 0 fully saturated rings. The first-order valence-electron chi connectivity index (χ1n) is 5.78. The standard InChI is InChI=1S/C14H11ClN2O4/c15-9-5-8(2-3-10(9)16)14(20)21-12-6-7(13(18)19)1-4-11(12)17/h1-6H,16-17H2,(H,18,19). The van der Waals surface area contributed by atoms with E-state index in [4.69, 9.17) is 32.9 Å². The molecule has 0 aliphatic rings. The minimum absolute atomic E-state index is 0.0344. The first-order valence-corrected chi connectivity index (χ1v) is 6.16. The zero-order valence-corrected chi connectivity index (χ0v) is 11.4. The number of benzene rings is 2. The Morgan fingerprint density at radius 1 is 1.00 bits per heavy atom. The van der Waals surface area contributed by atoms with Crippen molar-refractivity contribution in [2.75, 3.05) is 11.5 Å². The summed E-state index contributed by atoms with van der Waals surface area (Å²) in [5.74, 6) is -1.90. The van der Waals surface area contributed by atoms with Crippen molar-refractivity contribution in [1.29, 1.82) is 0 Å². The molecule has 0 spiro atoms. The van der Waals surface area contributed by atoms with Crippen LogP contribution in [0.4, 0.5) is 11.4 Å². The zero-order chi connectivity index (χ0) is 15.6. The van der Waals surface area contributed by atoms with Gasteiger partial charge in [-0.15, -0.1) is 0 Å². The lowest BCUT2D eigenvalue weighted by molar-refractivity contribution is 0.0688. The van der Waals surface area contributed by atoms with E-state index < -0.39 is 11.9 Å². The maximum Gasteiger partial charge on any atom is 0.343 e. The summed E-state index contributed by atoms with van der Waals surface area (Å²) >= 11 is 5.82. The highest BCUT2D eigenvalue weighted by molar-refractivity contribution is 6.33. The van der Waals surface area contributed by atoms with E-state index in [-0.39, 0.29) is 27.6 Å². The van der Waals surface area contributed by atoms with Crippen molar-refractivity contribution in [3.63, 3.8) is 0 Å². The molecule has 2 aromatic rings. The van der Waals surface area contributed by atoms with Crippen LogP contribution in [-0.4, -0.2) is 17.0 Å². The zero-order valence-electron chi connectivity index (χ0n) is 10.7. The number of hydrogen-bond acceptors (Lipinski definition) is 5. The molecule has 21 heavy (non-hydrogen) atoms. The van der Waals surface area contributed by atoms with Crippen LogP contribution in [-0.2, 0) is 0 Å². The number of nitrogen functional groups attached to an aromatic ring is 2. The molecule has 2 rings (SSSR count). The molecule has 5 N–H and O–H groups in total. The summed E-state index contributed by atoms with van der Waals surface area (Å²) in [5, 5.41) is 9.12. The molecule has 0 bridgehead atoms. The van der Waals surface area contributed by atoms with Crippen LogP contribution in [0.3, 0.4) is 0 Å². The summed E-state index contributed by atoms with van der Waals surface area (Å²) < 4.78 is 5.09. The smallest absolute Gasteiger partial charge is 0.343 e. The fourth-order valence-electron chi connectivity index (χ4n) is 1.57. The molecule has 0 aromatic heterocycles. The van der Waals surface area contributed by atoms with Crippen LogP contribution < -0.4 is 16.2 Å². The largest absolute Gasteiger partial charge is 0.478 e. The molecule has 0 radical (unpaired) electrons. The number of rotatable bonds is 3. The molecular formula is C14H11ClN2O4. The Morgan fingerprint density at radius 2 is 1.62 bits per heavy atom. The van der Waals surface area contributed by atoms with Crippen molar-refractivity contribution in [3.05, 3.63) is 52.5 Å². The predicted molar refractivity (Wildman–Crippen MR) is 78.6 cm³/mol. The second-order valence-electron chi connectivity index (χ2n) is 4.18. The van der Waals surface area contributed by atoms with Crippen molar-refractivity contribution >= 4 is 34.9 Å². The topological polar surface area (TPSA) is 116 Å². The summed E-state index contributed by atoms with van der Waals surface area (Å²) in [6.45, 7) is 0. The second kappa shape index (κ2) is 5.72. The minimum Gasteiger partial charge on any atom is -0.478 e. The van der Waals surface area contributed by atoms with Gasteiger partial charge in [-0.1, -0.05) is 11.6 Å². The highest BCUT2D eigenvalue weighted by atomic mass is 35.5. The van der Waals surface area contributed by atoms with Gasteiger partial charge in [-0.2, -0.15) is 0 Å². The van der Waals surface area contributed by atoms with Gasteiger partial charge in [0, 0.05) is 0 Å². The number of halogens is 1. The molecule has 108 valence electrons. The van der Waals surface area contributed by atoms with E-state index in [1.807, 2.05) is 0 Å². The fraction of sp³-hybridized carbons (Fsp3) is 0. The van der Waals surface area contributed by atoms with E-state index in [0.717, 1.165) is 0 Å². The lowest BCUT2D eigenvalue weighted by atomic mass is 10.2.